The summed E-state index contributed by atoms with van der Waals surface area (Å²) >= 11 is 0. The smallest absolute Gasteiger partial charge is 0.277 e. The number of rotatable bonds is 5. The number of amides is 1. The first kappa shape index (κ1) is 17.6. The van der Waals surface area contributed by atoms with Gasteiger partial charge in [-0.2, -0.15) is 0 Å². The number of benzene rings is 2. The van der Waals surface area contributed by atoms with Crippen molar-refractivity contribution in [1.82, 2.24) is 9.97 Å². The summed E-state index contributed by atoms with van der Waals surface area (Å²) in [5.41, 5.74) is 4.45. The van der Waals surface area contributed by atoms with Crippen LogP contribution in [0.2, 0.25) is 0 Å². The molecular weight excluding hydrogens is 324 g/mol. The topological polar surface area (TPSA) is 58.1 Å². The zero-order chi connectivity index (χ0) is 18.5. The van der Waals surface area contributed by atoms with Crippen LogP contribution in [0.15, 0.2) is 60.9 Å². The van der Waals surface area contributed by atoms with E-state index < -0.39 is 0 Å². The number of carbonyl (C=O) groups is 1. The molecule has 0 saturated carbocycles. The standard InChI is InChI=1S/C21H22N4O/c1-4-25(17-8-6-5-7-9-17)21(26)19-13-20(23-14-22-19)24-18-12-15(2)10-11-16(18)3/h5-14H,4H2,1-3H3,(H,22,23,24). The van der Waals surface area contributed by atoms with Crippen LogP contribution in [0.5, 0.6) is 0 Å². The van der Waals surface area contributed by atoms with Crippen LogP contribution in [0.4, 0.5) is 17.2 Å². The Bertz CT molecular complexity index is 909. The van der Waals surface area contributed by atoms with Crippen molar-refractivity contribution in [3.05, 3.63) is 77.7 Å². The minimum absolute atomic E-state index is 0.148. The molecule has 0 saturated heterocycles. The summed E-state index contributed by atoms with van der Waals surface area (Å²) in [6.07, 6.45) is 1.42. The SMILES string of the molecule is CCN(C(=O)c1cc(Nc2cc(C)ccc2C)ncn1)c1ccccc1. The minimum Gasteiger partial charge on any atom is -0.340 e. The summed E-state index contributed by atoms with van der Waals surface area (Å²) in [4.78, 5) is 23.0. The lowest BCUT2D eigenvalue weighted by Crippen LogP contribution is -2.31. The van der Waals surface area contributed by atoms with Crippen molar-refractivity contribution in [2.24, 2.45) is 0 Å². The highest BCUT2D eigenvalue weighted by Gasteiger charge is 2.18. The summed E-state index contributed by atoms with van der Waals surface area (Å²) in [7, 11) is 0. The molecule has 0 radical (unpaired) electrons. The van der Waals surface area contributed by atoms with Gasteiger partial charge >= 0.3 is 0 Å². The van der Waals surface area contributed by atoms with E-state index in [1.54, 1.807) is 11.0 Å². The molecule has 0 aliphatic heterocycles. The lowest BCUT2D eigenvalue weighted by molar-refractivity contribution is 0.0983. The molecule has 26 heavy (non-hydrogen) atoms. The van der Waals surface area contributed by atoms with Crippen molar-refractivity contribution in [3.63, 3.8) is 0 Å². The van der Waals surface area contributed by atoms with E-state index in [-0.39, 0.29) is 5.91 Å². The molecule has 0 aliphatic carbocycles. The summed E-state index contributed by atoms with van der Waals surface area (Å²) in [5, 5.41) is 3.28. The fraction of sp³-hybridized carbons (Fsp3) is 0.190. The second-order valence-corrected chi connectivity index (χ2v) is 6.12. The average Bonchev–Trinajstić information content (AvgIpc) is 2.66. The Hall–Kier alpha value is -3.21. The Kier molecular flexibility index (Phi) is 5.27. The second kappa shape index (κ2) is 7.78. The third-order valence-electron chi connectivity index (χ3n) is 4.17. The van der Waals surface area contributed by atoms with Crippen LogP contribution in [0.3, 0.4) is 0 Å². The molecular formula is C21H22N4O. The predicted molar refractivity (Wildman–Crippen MR) is 105 cm³/mol. The van der Waals surface area contributed by atoms with Crippen LogP contribution in [0.25, 0.3) is 0 Å². The van der Waals surface area contributed by atoms with E-state index in [2.05, 4.69) is 33.5 Å². The summed E-state index contributed by atoms with van der Waals surface area (Å²) in [6.45, 7) is 6.58. The van der Waals surface area contributed by atoms with Crippen molar-refractivity contribution in [2.75, 3.05) is 16.8 Å². The molecule has 5 nitrogen and oxygen atoms in total. The molecule has 0 spiro atoms. The van der Waals surface area contributed by atoms with E-state index >= 15 is 0 Å². The van der Waals surface area contributed by atoms with Crippen LogP contribution in [-0.4, -0.2) is 22.4 Å². The first-order chi connectivity index (χ1) is 12.6. The summed E-state index contributed by atoms with van der Waals surface area (Å²) < 4.78 is 0. The van der Waals surface area contributed by atoms with Gasteiger partial charge in [0.1, 0.15) is 17.8 Å². The Labute approximate surface area is 153 Å². The van der Waals surface area contributed by atoms with E-state index in [0.717, 1.165) is 22.5 Å². The van der Waals surface area contributed by atoms with E-state index in [1.807, 2.05) is 51.1 Å². The fourth-order valence-corrected chi connectivity index (χ4v) is 2.74. The zero-order valence-electron chi connectivity index (χ0n) is 15.2. The van der Waals surface area contributed by atoms with Crippen LogP contribution < -0.4 is 10.2 Å². The maximum Gasteiger partial charge on any atom is 0.277 e. The average molecular weight is 346 g/mol. The van der Waals surface area contributed by atoms with E-state index in [1.165, 1.54) is 6.33 Å². The minimum atomic E-state index is -0.148. The molecule has 0 aliphatic rings. The van der Waals surface area contributed by atoms with Crippen molar-refractivity contribution < 1.29 is 4.79 Å². The fourth-order valence-electron chi connectivity index (χ4n) is 2.74. The molecule has 132 valence electrons. The summed E-state index contributed by atoms with van der Waals surface area (Å²) in [5.74, 6) is 0.450. The second-order valence-electron chi connectivity index (χ2n) is 6.12. The third-order valence-corrected chi connectivity index (χ3v) is 4.17. The molecule has 3 rings (SSSR count). The van der Waals surface area contributed by atoms with Gasteiger partial charge in [-0.3, -0.25) is 4.79 Å². The van der Waals surface area contributed by atoms with Crippen molar-refractivity contribution in [2.45, 2.75) is 20.8 Å². The number of carbonyl (C=O) groups excluding carboxylic acids is 1. The summed E-state index contributed by atoms with van der Waals surface area (Å²) in [6, 6.07) is 17.5. The molecule has 5 heteroatoms. The van der Waals surface area contributed by atoms with Gasteiger partial charge in [-0.05, 0) is 50.1 Å². The highest BCUT2D eigenvalue weighted by molar-refractivity contribution is 6.05. The molecule has 0 atom stereocenters. The lowest BCUT2D eigenvalue weighted by atomic mass is 10.1. The van der Waals surface area contributed by atoms with E-state index in [4.69, 9.17) is 0 Å². The Balaban J connectivity index is 1.86. The van der Waals surface area contributed by atoms with E-state index in [0.29, 0.717) is 18.1 Å². The number of nitrogens with zero attached hydrogens (tertiary/aromatic N) is 3. The number of aromatic nitrogens is 2. The zero-order valence-corrected chi connectivity index (χ0v) is 15.2. The molecule has 3 aromatic rings. The van der Waals surface area contributed by atoms with Gasteiger partial charge in [0.05, 0.1) is 0 Å². The Morgan fingerprint density at radius 1 is 1.04 bits per heavy atom. The van der Waals surface area contributed by atoms with Crippen LogP contribution in [0.1, 0.15) is 28.5 Å². The molecule has 1 amide bonds. The Morgan fingerprint density at radius 3 is 2.54 bits per heavy atom. The molecule has 1 heterocycles. The van der Waals surface area contributed by atoms with Gasteiger partial charge in [0.15, 0.2) is 0 Å². The number of hydrogen-bond donors (Lipinski definition) is 1. The van der Waals surface area contributed by atoms with Gasteiger partial charge < -0.3 is 10.2 Å². The number of anilines is 3. The first-order valence-corrected chi connectivity index (χ1v) is 8.61. The monoisotopic (exact) mass is 346 g/mol. The van der Waals surface area contributed by atoms with E-state index in [9.17, 15) is 4.79 Å². The Morgan fingerprint density at radius 2 is 1.81 bits per heavy atom. The highest BCUT2D eigenvalue weighted by atomic mass is 16.2. The van der Waals surface area contributed by atoms with Crippen molar-refractivity contribution in [1.29, 1.82) is 0 Å². The van der Waals surface area contributed by atoms with Gasteiger partial charge in [0.25, 0.3) is 5.91 Å². The first-order valence-electron chi connectivity index (χ1n) is 8.61. The van der Waals surface area contributed by atoms with Crippen LogP contribution in [0, 0.1) is 13.8 Å². The van der Waals surface area contributed by atoms with Crippen LogP contribution >= 0.6 is 0 Å². The molecule has 0 bridgehead atoms. The van der Waals surface area contributed by atoms with Gasteiger partial charge in [-0.25, -0.2) is 9.97 Å². The van der Waals surface area contributed by atoms with Crippen molar-refractivity contribution >= 4 is 23.1 Å². The van der Waals surface area contributed by atoms with Crippen LogP contribution in [-0.2, 0) is 0 Å². The molecule has 0 fully saturated rings. The highest BCUT2D eigenvalue weighted by Crippen LogP contribution is 2.22. The van der Waals surface area contributed by atoms with Gasteiger partial charge in [0.2, 0.25) is 0 Å². The molecule has 1 N–H and O–H groups in total. The largest absolute Gasteiger partial charge is 0.340 e. The third kappa shape index (κ3) is 3.88. The number of nitrogens with one attached hydrogen (secondary N) is 1. The quantitative estimate of drug-likeness (QED) is 0.739. The number of para-hydroxylation sites is 1. The predicted octanol–water partition coefficient (Wildman–Crippen LogP) is 4.50. The van der Waals surface area contributed by atoms with Gasteiger partial charge in [0, 0.05) is 24.0 Å². The van der Waals surface area contributed by atoms with Gasteiger partial charge in [-0.15, -0.1) is 0 Å². The van der Waals surface area contributed by atoms with Crippen molar-refractivity contribution in [3.8, 4) is 0 Å². The molecule has 2 aromatic carbocycles. The number of hydrogen-bond acceptors (Lipinski definition) is 4. The normalized spacial score (nSPS) is 10.4. The maximum atomic E-state index is 12.9. The van der Waals surface area contributed by atoms with Gasteiger partial charge in [-0.1, -0.05) is 30.3 Å². The lowest BCUT2D eigenvalue weighted by Gasteiger charge is -2.20. The maximum absolute atomic E-state index is 12.9. The molecule has 0 unspecified atom stereocenters. The molecule has 1 aromatic heterocycles. The number of aryl methyl sites for hydroxylation is 2.